The highest BCUT2D eigenvalue weighted by atomic mass is 32.2. The second kappa shape index (κ2) is 6.13. The van der Waals surface area contributed by atoms with E-state index in [1.54, 1.807) is 17.8 Å². The third-order valence-electron chi connectivity index (χ3n) is 2.40. The molecule has 0 amide bonds. The van der Waals surface area contributed by atoms with Gasteiger partial charge in [0.2, 0.25) is 0 Å². The minimum absolute atomic E-state index is 0.190. The molecule has 0 aliphatic heterocycles. The van der Waals surface area contributed by atoms with Crippen molar-refractivity contribution >= 4 is 11.8 Å². The maximum absolute atomic E-state index is 13.2. The number of hydrogen-bond acceptors (Lipinski definition) is 2. The van der Waals surface area contributed by atoms with Crippen LogP contribution in [0.25, 0.3) is 0 Å². The van der Waals surface area contributed by atoms with Gasteiger partial charge >= 0.3 is 0 Å². The van der Waals surface area contributed by atoms with Gasteiger partial charge in [-0.15, -0.1) is 11.8 Å². The second-order valence-electron chi connectivity index (χ2n) is 3.82. The van der Waals surface area contributed by atoms with Gasteiger partial charge in [-0.2, -0.15) is 0 Å². The summed E-state index contributed by atoms with van der Waals surface area (Å²) in [5.74, 6) is 1.51. The molecule has 15 heavy (non-hydrogen) atoms. The number of halogens is 1. The smallest absolute Gasteiger partial charge is 0.124 e. The molecular formula is C12H18FNS. The fourth-order valence-electron chi connectivity index (χ4n) is 1.18. The molecule has 0 heterocycles. The summed E-state index contributed by atoms with van der Waals surface area (Å²) in [6.45, 7) is 4.77. The third kappa shape index (κ3) is 4.22. The molecule has 0 spiro atoms. The van der Waals surface area contributed by atoms with Crippen LogP contribution in [0.15, 0.2) is 23.1 Å². The molecule has 0 aromatic heterocycles. The minimum atomic E-state index is -0.190. The Morgan fingerprint density at radius 1 is 1.40 bits per heavy atom. The molecule has 2 N–H and O–H groups in total. The molecule has 0 fully saturated rings. The predicted molar refractivity (Wildman–Crippen MR) is 64.5 cm³/mol. The molecule has 0 aliphatic rings. The molecule has 84 valence electrons. The van der Waals surface area contributed by atoms with Gasteiger partial charge in [0.15, 0.2) is 0 Å². The second-order valence-corrected chi connectivity index (χ2v) is 4.92. The van der Waals surface area contributed by atoms with Crippen LogP contribution in [0.5, 0.6) is 0 Å². The first-order valence-electron chi connectivity index (χ1n) is 5.28. The molecule has 1 nitrogen and oxygen atoms in total. The first-order chi connectivity index (χ1) is 7.15. The molecule has 1 aromatic rings. The van der Waals surface area contributed by atoms with Gasteiger partial charge in [-0.05, 0) is 29.7 Å². The van der Waals surface area contributed by atoms with E-state index in [2.05, 4.69) is 13.8 Å². The zero-order valence-electron chi connectivity index (χ0n) is 9.29. The summed E-state index contributed by atoms with van der Waals surface area (Å²) in [6, 6.07) is 5.04. The number of nitrogens with two attached hydrogens (primary N) is 1. The SMILES string of the molecule is CCC(C)CSc1cc(F)cc(CN)c1. The van der Waals surface area contributed by atoms with Crippen molar-refractivity contribution in [3.63, 3.8) is 0 Å². The van der Waals surface area contributed by atoms with E-state index in [-0.39, 0.29) is 5.82 Å². The van der Waals surface area contributed by atoms with E-state index in [1.165, 1.54) is 6.07 Å². The monoisotopic (exact) mass is 227 g/mol. The van der Waals surface area contributed by atoms with Crippen LogP contribution in [0.3, 0.4) is 0 Å². The van der Waals surface area contributed by atoms with E-state index in [4.69, 9.17) is 5.73 Å². The van der Waals surface area contributed by atoms with E-state index in [9.17, 15) is 4.39 Å². The Kier molecular flexibility index (Phi) is 5.12. The molecule has 1 unspecified atom stereocenters. The van der Waals surface area contributed by atoms with E-state index < -0.39 is 0 Å². The van der Waals surface area contributed by atoms with Crippen molar-refractivity contribution in [3.05, 3.63) is 29.6 Å². The minimum Gasteiger partial charge on any atom is -0.326 e. The summed E-state index contributed by atoms with van der Waals surface area (Å²) in [5, 5.41) is 0. The third-order valence-corrected chi connectivity index (χ3v) is 3.70. The maximum Gasteiger partial charge on any atom is 0.124 e. The van der Waals surface area contributed by atoms with Gasteiger partial charge in [-0.3, -0.25) is 0 Å². The van der Waals surface area contributed by atoms with Crippen LogP contribution in [-0.2, 0) is 6.54 Å². The van der Waals surface area contributed by atoms with Crippen molar-refractivity contribution in [2.24, 2.45) is 11.7 Å². The van der Waals surface area contributed by atoms with E-state index in [0.29, 0.717) is 12.5 Å². The van der Waals surface area contributed by atoms with Gasteiger partial charge in [0.1, 0.15) is 5.82 Å². The van der Waals surface area contributed by atoms with Crippen LogP contribution in [0.2, 0.25) is 0 Å². The zero-order valence-corrected chi connectivity index (χ0v) is 10.1. The van der Waals surface area contributed by atoms with Crippen molar-refractivity contribution in [1.82, 2.24) is 0 Å². The number of benzene rings is 1. The fraction of sp³-hybridized carbons (Fsp3) is 0.500. The fourth-order valence-corrected chi connectivity index (χ4v) is 2.32. The van der Waals surface area contributed by atoms with Gasteiger partial charge in [-0.1, -0.05) is 20.3 Å². The summed E-state index contributed by atoms with van der Waals surface area (Å²) in [5.41, 5.74) is 6.36. The summed E-state index contributed by atoms with van der Waals surface area (Å²) in [6.07, 6.45) is 1.16. The molecule has 0 saturated heterocycles. The number of rotatable bonds is 5. The molecule has 0 bridgehead atoms. The maximum atomic E-state index is 13.2. The lowest BCUT2D eigenvalue weighted by atomic mass is 10.2. The molecule has 1 aromatic carbocycles. The molecule has 1 rings (SSSR count). The highest BCUT2D eigenvalue weighted by Crippen LogP contribution is 2.23. The molecule has 0 radical (unpaired) electrons. The van der Waals surface area contributed by atoms with Crippen molar-refractivity contribution in [3.8, 4) is 0 Å². The van der Waals surface area contributed by atoms with Gasteiger partial charge in [0.05, 0.1) is 0 Å². The molecule has 1 atom stereocenters. The highest BCUT2D eigenvalue weighted by Gasteiger charge is 2.03. The van der Waals surface area contributed by atoms with Crippen molar-refractivity contribution in [2.75, 3.05) is 5.75 Å². The Hall–Kier alpha value is -0.540. The summed E-state index contributed by atoms with van der Waals surface area (Å²) >= 11 is 1.70. The van der Waals surface area contributed by atoms with Crippen LogP contribution >= 0.6 is 11.8 Å². The predicted octanol–water partition coefficient (Wildman–Crippen LogP) is 3.42. The first kappa shape index (κ1) is 12.5. The largest absolute Gasteiger partial charge is 0.326 e. The molecular weight excluding hydrogens is 209 g/mol. The lowest BCUT2D eigenvalue weighted by Gasteiger charge is -2.08. The Labute approximate surface area is 95.2 Å². The van der Waals surface area contributed by atoms with Crippen LogP contribution in [0.1, 0.15) is 25.8 Å². The zero-order chi connectivity index (χ0) is 11.3. The quantitative estimate of drug-likeness (QED) is 0.780. The topological polar surface area (TPSA) is 26.0 Å². The Morgan fingerprint density at radius 3 is 2.73 bits per heavy atom. The summed E-state index contributed by atoms with van der Waals surface area (Å²) < 4.78 is 13.2. The van der Waals surface area contributed by atoms with E-state index in [1.807, 2.05) is 6.07 Å². The van der Waals surface area contributed by atoms with Gasteiger partial charge < -0.3 is 5.73 Å². The summed E-state index contributed by atoms with van der Waals surface area (Å²) in [7, 11) is 0. The van der Waals surface area contributed by atoms with Crippen molar-refractivity contribution in [2.45, 2.75) is 31.7 Å². The van der Waals surface area contributed by atoms with Crippen molar-refractivity contribution in [1.29, 1.82) is 0 Å². The summed E-state index contributed by atoms with van der Waals surface area (Å²) in [4.78, 5) is 0.982. The van der Waals surface area contributed by atoms with Crippen LogP contribution in [0.4, 0.5) is 4.39 Å². The van der Waals surface area contributed by atoms with E-state index in [0.717, 1.165) is 22.6 Å². The molecule has 3 heteroatoms. The average molecular weight is 227 g/mol. The van der Waals surface area contributed by atoms with Crippen LogP contribution in [-0.4, -0.2) is 5.75 Å². The van der Waals surface area contributed by atoms with Gasteiger partial charge in [-0.25, -0.2) is 4.39 Å². The average Bonchev–Trinajstić information content (AvgIpc) is 2.25. The lowest BCUT2D eigenvalue weighted by Crippen LogP contribution is -1.98. The van der Waals surface area contributed by atoms with E-state index >= 15 is 0 Å². The van der Waals surface area contributed by atoms with Gasteiger partial charge in [0.25, 0.3) is 0 Å². The molecule has 0 saturated carbocycles. The molecule has 0 aliphatic carbocycles. The number of hydrogen-bond donors (Lipinski definition) is 1. The first-order valence-corrected chi connectivity index (χ1v) is 6.26. The standard InChI is InChI=1S/C12H18FNS/c1-3-9(2)8-15-12-5-10(7-14)4-11(13)6-12/h4-6,9H,3,7-8,14H2,1-2H3. The highest BCUT2D eigenvalue weighted by molar-refractivity contribution is 7.99. The Balaban J connectivity index is 2.64. The Bertz CT molecular complexity index is 314. The van der Waals surface area contributed by atoms with Gasteiger partial charge in [0, 0.05) is 17.2 Å². The lowest BCUT2D eigenvalue weighted by molar-refractivity contribution is 0.620. The normalized spacial score (nSPS) is 12.8. The van der Waals surface area contributed by atoms with Crippen LogP contribution < -0.4 is 5.73 Å². The Morgan fingerprint density at radius 2 is 2.13 bits per heavy atom. The van der Waals surface area contributed by atoms with Crippen molar-refractivity contribution < 1.29 is 4.39 Å². The number of thioether (sulfide) groups is 1. The van der Waals surface area contributed by atoms with Crippen LogP contribution in [0, 0.1) is 11.7 Å².